The highest BCUT2D eigenvalue weighted by atomic mass is 16.3. The van der Waals surface area contributed by atoms with Crippen LogP contribution in [0.3, 0.4) is 0 Å². The number of benzene rings is 7. The minimum Gasteiger partial charge on any atom is -0.456 e. The van der Waals surface area contributed by atoms with E-state index in [1.54, 1.807) is 0 Å². The summed E-state index contributed by atoms with van der Waals surface area (Å²) in [4.78, 5) is 0. The molecule has 0 fully saturated rings. The molecule has 0 amide bonds. The molecule has 8 aromatic rings. The largest absolute Gasteiger partial charge is 0.456 e. The lowest BCUT2D eigenvalue weighted by molar-refractivity contribution is 0.666. The molecule has 0 N–H and O–H groups in total. The first-order valence-corrected chi connectivity index (χ1v) is 14.6. The highest BCUT2D eigenvalue weighted by molar-refractivity contribution is 6.10. The molecule has 0 radical (unpaired) electrons. The third kappa shape index (κ3) is 2.69. The molecule has 0 aliphatic heterocycles. The number of fused-ring (bicyclic) bond motifs is 14. The van der Waals surface area contributed by atoms with Crippen LogP contribution in [0.25, 0.3) is 66.1 Å². The van der Waals surface area contributed by atoms with E-state index in [1.807, 2.05) is 0 Å². The number of hydrogen-bond acceptors (Lipinski definition) is 1. The average Bonchev–Trinajstić information content (AvgIpc) is 3.66. The standard InChI is InChI=1S/C41H24O/c1-2-10-26-21-27(18-17-25(26)9-1)28-19-20-39-33(22-28)34-23-32-31-13-5-8-16-37(31)41(38(32)24-40(34)42-39)35-14-6-3-11-29(35)30-12-4-7-15-36(30)41/h1-24H. The second-order valence-corrected chi connectivity index (χ2v) is 11.7. The summed E-state index contributed by atoms with van der Waals surface area (Å²) in [6.07, 6.45) is 0. The number of hydrogen-bond donors (Lipinski definition) is 0. The summed E-state index contributed by atoms with van der Waals surface area (Å²) in [6.45, 7) is 0. The van der Waals surface area contributed by atoms with E-state index >= 15 is 0 Å². The van der Waals surface area contributed by atoms with Crippen molar-refractivity contribution in [3.8, 4) is 33.4 Å². The van der Waals surface area contributed by atoms with E-state index in [0.29, 0.717) is 0 Å². The second kappa shape index (κ2) is 7.87. The van der Waals surface area contributed by atoms with Crippen LogP contribution in [0.4, 0.5) is 0 Å². The Morgan fingerprint density at radius 2 is 0.905 bits per heavy atom. The molecule has 0 saturated carbocycles. The second-order valence-electron chi connectivity index (χ2n) is 11.7. The van der Waals surface area contributed by atoms with Crippen LogP contribution in [0.1, 0.15) is 22.3 Å². The van der Waals surface area contributed by atoms with Gasteiger partial charge in [0.15, 0.2) is 0 Å². The minimum absolute atomic E-state index is 0.359. The van der Waals surface area contributed by atoms with Gasteiger partial charge in [0.1, 0.15) is 11.2 Å². The van der Waals surface area contributed by atoms with E-state index in [2.05, 4.69) is 146 Å². The van der Waals surface area contributed by atoms with Gasteiger partial charge < -0.3 is 4.42 Å². The topological polar surface area (TPSA) is 13.1 Å². The SMILES string of the molecule is c1ccc2c(c1)-c1ccccc1C21c2ccccc2-c2cc3c(cc21)oc1ccc(-c2ccc4ccccc4c2)cc13. The summed E-state index contributed by atoms with van der Waals surface area (Å²) in [5.41, 5.74) is 14.5. The molecule has 2 aliphatic rings. The van der Waals surface area contributed by atoms with Crippen LogP contribution in [0.5, 0.6) is 0 Å². The van der Waals surface area contributed by atoms with Crippen LogP contribution in [-0.4, -0.2) is 0 Å². The van der Waals surface area contributed by atoms with Crippen molar-refractivity contribution in [2.75, 3.05) is 0 Å². The molecule has 1 aromatic heterocycles. The van der Waals surface area contributed by atoms with Gasteiger partial charge in [-0.2, -0.15) is 0 Å². The molecule has 0 unspecified atom stereocenters. The fourth-order valence-corrected chi connectivity index (χ4v) is 7.91. The summed E-state index contributed by atoms with van der Waals surface area (Å²) in [6, 6.07) is 53.4. The first-order valence-electron chi connectivity index (χ1n) is 14.6. The Bertz CT molecular complexity index is 2380. The van der Waals surface area contributed by atoms with Gasteiger partial charge in [-0.25, -0.2) is 0 Å². The molecule has 194 valence electrons. The Balaban J connectivity index is 1.26. The van der Waals surface area contributed by atoms with Gasteiger partial charge in [-0.05, 0) is 96.7 Å². The van der Waals surface area contributed by atoms with E-state index in [9.17, 15) is 0 Å². The van der Waals surface area contributed by atoms with E-state index in [4.69, 9.17) is 4.42 Å². The highest BCUT2D eigenvalue weighted by Gasteiger charge is 2.51. The molecule has 1 heterocycles. The monoisotopic (exact) mass is 532 g/mol. The molecular weight excluding hydrogens is 508 g/mol. The Kier molecular flexibility index (Phi) is 4.18. The summed E-state index contributed by atoms with van der Waals surface area (Å²) in [7, 11) is 0. The van der Waals surface area contributed by atoms with Crippen molar-refractivity contribution in [2.45, 2.75) is 5.41 Å². The molecular formula is C41H24O. The zero-order chi connectivity index (χ0) is 27.4. The van der Waals surface area contributed by atoms with Crippen molar-refractivity contribution in [3.05, 3.63) is 168 Å². The third-order valence-corrected chi connectivity index (χ3v) is 9.67. The van der Waals surface area contributed by atoms with Crippen molar-refractivity contribution in [1.82, 2.24) is 0 Å². The molecule has 7 aromatic carbocycles. The van der Waals surface area contributed by atoms with Crippen molar-refractivity contribution >= 4 is 32.7 Å². The normalized spacial score (nSPS) is 13.9. The third-order valence-electron chi connectivity index (χ3n) is 9.67. The van der Waals surface area contributed by atoms with Crippen LogP contribution >= 0.6 is 0 Å². The lowest BCUT2D eigenvalue weighted by Crippen LogP contribution is -2.25. The van der Waals surface area contributed by atoms with Crippen molar-refractivity contribution in [2.24, 2.45) is 0 Å². The van der Waals surface area contributed by atoms with Crippen molar-refractivity contribution < 1.29 is 4.42 Å². The predicted molar refractivity (Wildman–Crippen MR) is 173 cm³/mol. The molecule has 0 bridgehead atoms. The van der Waals surface area contributed by atoms with Gasteiger partial charge in [0.05, 0.1) is 5.41 Å². The fraction of sp³-hybridized carbons (Fsp3) is 0.0244. The molecule has 2 aliphatic carbocycles. The molecule has 1 heteroatoms. The zero-order valence-corrected chi connectivity index (χ0v) is 22.8. The molecule has 0 atom stereocenters. The van der Waals surface area contributed by atoms with E-state index in [-0.39, 0.29) is 5.41 Å². The zero-order valence-electron chi connectivity index (χ0n) is 22.8. The maximum absolute atomic E-state index is 6.62. The Hall–Kier alpha value is -5.40. The van der Waals surface area contributed by atoms with Gasteiger partial charge in [-0.1, -0.05) is 115 Å². The van der Waals surface area contributed by atoms with Crippen LogP contribution in [0, 0.1) is 0 Å². The Morgan fingerprint density at radius 3 is 1.62 bits per heavy atom. The van der Waals surface area contributed by atoms with Gasteiger partial charge in [0.25, 0.3) is 0 Å². The average molecular weight is 533 g/mol. The first-order chi connectivity index (χ1) is 20.8. The first kappa shape index (κ1) is 22.3. The maximum Gasteiger partial charge on any atom is 0.135 e. The van der Waals surface area contributed by atoms with Crippen LogP contribution in [0.15, 0.2) is 150 Å². The summed E-state index contributed by atoms with van der Waals surface area (Å²) in [5.74, 6) is 0. The summed E-state index contributed by atoms with van der Waals surface area (Å²) >= 11 is 0. The Morgan fingerprint density at radius 1 is 0.357 bits per heavy atom. The summed E-state index contributed by atoms with van der Waals surface area (Å²) < 4.78 is 6.62. The predicted octanol–water partition coefficient (Wildman–Crippen LogP) is 10.7. The minimum atomic E-state index is -0.359. The molecule has 1 nitrogen and oxygen atoms in total. The van der Waals surface area contributed by atoms with Gasteiger partial charge in [-0.3, -0.25) is 0 Å². The quantitative estimate of drug-likeness (QED) is 0.205. The molecule has 42 heavy (non-hydrogen) atoms. The Labute approximate surface area is 243 Å². The van der Waals surface area contributed by atoms with Crippen LogP contribution < -0.4 is 0 Å². The summed E-state index contributed by atoms with van der Waals surface area (Å²) in [5, 5.41) is 4.83. The lowest BCUT2D eigenvalue weighted by atomic mass is 9.70. The highest BCUT2D eigenvalue weighted by Crippen LogP contribution is 2.63. The van der Waals surface area contributed by atoms with E-state index < -0.39 is 0 Å². The van der Waals surface area contributed by atoms with E-state index in [1.165, 1.54) is 66.4 Å². The maximum atomic E-state index is 6.62. The van der Waals surface area contributed by atoms with Crippen molar-refractivity contribution in [3.63, 3.8) is 0 Å². The molecule has 0 saturated heterocycles. The number of furan rings is 1. The van der Waals surface area contributed by atoms with E-state index in [0.717, 1.165) is 21.9 Å². The number of rotatable bonds is 1. The van der Waals surface area contributed by atoms with Crippen molar-refractivity contribution in [1.29, 1.82) is 0 Å². The van der Waals surface area contributed by atoms with Crippen LogP contribution in [0.2, 0.25) is 0 Å². The molecule has 10 rings (SSSR count). The van der Waals surface area contributed by atoms with Gasteiger partial charge in [0, 0.05) is 10.8 Å². The van der Waals surface area contributed by atoms with Gasteiger partial charge in [0.2, 0.25) is 0 Å². The van der Waals surface area contributed by atoms with Gasteiger partial charge >= 0.3 is 0 Å². The fourth-order valence-electron chi connectivity index (χ4n) is 7.91. The lowest BCUT2D eigenvalue weighted by Gasteiger charge is -2.30. The molecule has 1 spiro atoms. The van der Waals surface area contributed by atoms with Crippen LogP contribution in [-0.2, 0) is 5.41 Å². The smallest absolute Gasteiger partial charge is 0.135 e. The van der Waals surface area contributed by atoms with Gasteiger partial charge in [-0.15, -0.1) is 0 Å².